The molecule has 2 aromatic heterocycles. The first-order chi connectivity index (χ1) is 10.6. The first kappa shape index (κ1) is 14.0. The van der Waals surface area contributed by atoms with E-state index in [1.807, 2.05) is 6.07 Å². The summed E-state index contributed by atoms with van der Waals surface area (Å²) in [7, 11) is 2.13. The van der Waals surface area contributed by atoms with Crippen LogP contribution in [0.25, 0.3) is 11.4 Å². The zero-order valence-corrected chi connectivity index (χ0v) is 13.2. The minimum Gasteiger partial charge on any atom is -0.472 e. The summed E-state index contributed by atoms with van der Waals surface area (Å²) in [6.45, 7) is 6.10. The van der Waals surface area contributed by atoms with Gasteiger partial charge in [-0.15, -0.1) is 0 Å². The summed E-state index contributed by atoms with van der Waals surface area (Å²) in [5, 5.41) is 4.02. The zero-order valence-electron chi connectivity index (χ0n) is 13.2. The van der Waals surface area contributed by atoms with Crippen LogP contribution in [0.1, 0.15) is 26.2 Å². The third kappa shape index (κ3) is 2.01. The Bertz CT molecular complexity index is 649. The highest BCUT2D eigenvalue weighted by molar-refractivity contribution is 5.51. The molecule has 118 valence electrons. The molecule has 6 heteroatoms. The molecule has 3 atom stereocenters. The maximum Gasteiger partial charge on any atom is 0.241 e. The van der Waals surface area contributed by atoms with Crippen LogP contribution in [0.4, 0.5) is 0 Å². The molecule has 6 nitrogen and oxygen atoms in total. The van der Waals surface area contributed by atoms with E-state index in [2.05, 4.69) is 35.9 Å². The maximum atomic E-state index is 5.86. The minimum atomic E-state index is 0.170. The molecule has 1 aliphatic heterocycles. The lowest BCUT2D eigenvalue weighted by molar-refractivity contribution is -0.152. The van der Waals surface area contributed by atoms with E-state index in [0.29, 0.717) is 36.3 Å². The SMILES string of the molecule is CN(Cc1nc(-c2ccoc2)no1)[C@@H]1[C@@H]2CCO[C@H]2C1(C)C. The molecule has 22 heavy (non-hydrogen) atoms. The fourth-order valence-corrected chi connectivity index (χ4v) is 4.33. The van der Waals surface area contributed by atoms with E-state index in [1.165, 1.54) is 0 Å². The first-order valence-electron chi connectivity index (χ1n) is 7.74. The van der Waals surface area contributed by atoms with E-state index in [0.717, 1.165) is 18.6 Å². The molecule has 2 aromatic rings. The lowest BCUT2D eigenvalue weighted by Crippen LogP contribution is -2.65. The van der Waals surface area contributed by atoms with Crippen LogP contribution in [0.3, 0.4) is 0 Å². The van der Waals surface area contributed by atoms with Crippen LogP contribution in [0.15, 0.2) is 27.5 Å². The molecular formula is C16H21N3O3. The molecule has 0 aromatic carbocycles. The van der Waals surface area contributed by atoms with E-state index < -0.39 is 0 Å². The number of furan rings is 1. The third-order valence-corrected chi connectivity index (χ3v) is 5.15. The number of hydrogen-bond donors (Lipinski definition) is 0. The quantitative estimate of drug-likeness (QED) is 0.865. The van der Waals surface area contributed by atoms with Gasteiger partial charge >= 0.3 is 0 Å². The molecule has 1 saturated carbocycles. The van der Waals surface area contributed by atoms with Crippen molar-refractivity contribution < 1.29 is 13.7 Å². The van der Waals surface area contributed by atoms with Gasteiger partial charge in [-0.1, -0.05) is 19.0 Å². The van der Waals surface area contributed by atoms with E-state index in [4.69, 9.17) is 13.7 Å². The number of nitrogens with zero attached hydrogens (tertiary/aromatic N) is 3. The maximum absolute atomic E-state index is 5.86. The summed E-state index contributed by atoms with van der Waals surface area (Å²) in [5.41, 5.74) is 1.01. The summed E-state index contributed by atoms with van der Waals surface area (Å²) in [6.07, 6.45) is 4.76. The summed E-state index contributed by atoms with van der Waals surface area (Å²) < 4.78 is 16.3. The number of fused-ring (bicyclic) bond motifs is 1. The number of ether oxygens (including phenoxy) is 1. The normalized spacial score (nSPS) is 29.5. The molecule has 4 rings (SSSR count). The highest BCUT2D eigenvalue weighted by Gasteiger charge is 2.60. The molecule has 0 unspecified atom stereocenters. The lowest BCUT2D eigenvalue weighted by atomic mass is 9.57. The highest BCUT2D eigenvalue weighted by atomic mass is 16.5. The molecule has 0 amide bonds. The Labute approximate surface area is 129 Å². The van der Waals surface area contributed by atoms with Crippen LogP contribution in [-0.2, 0) is 11.3 Å². The smallest absolute Gasteiger partial charge is 0.241 e. The van der Waals surface area contributed by atoms with E-state index in [1.54, 1.807) is 12.5 Å². The van der Waals surface area contributed by atoms with Gasteiger partial charge < -0.3 is 13.7 Å². The fraction of sp³-hybridized carbons (Fsp3) is 0.625. The predicted octanol–water partition coefficient (Wildman–Crippen LogP) is 2.57. The van der Waals surface area contributed by atoms with Crippen molar-refractivity contribution in [3.8, 4) is 11.4 Å². The Morgan fingerprint density at radius 1 is 1.41 bits per heavy atom. The fourth-order valence-electron chi connectivity index (χ4n) is 4.33. The monoisotopic (exact) mass is 303 g/mol. The van der Waals surface area contributed by atoms with Gasteiger partial charge in [0.2, 0.25) is 11.7 Å². The lowest BCUT2D eigenvalue weighted by Gasteiger charge is -2.57. The van der Waals surface area contributed by atoms with Gasteiger partial charge in [0, 0.05) is 24.0 Å². The van der Waals surface area contributed by atoms with E-state index >= 15 is 0 Å². The van der Waals surface area contributed by atoms with E-state index in [-0.39, 0.29) is 5.41 Å². The summed E-state index contributed by atoms with van der Waals surface area (Å²) in [4.78, 5) is 6.78. The summed E-state index contributed by atoms with van der Waals surface area (Å²) >= 11 is 0. The molecule has 0 radical (unpaired) electrons. The van der Waals surface area contributed by atoms with Crippen LogP contribution >= 0.6 is 0 Å². The number of rotatable bonds is 4. The van der Waals surface area contributed by atoms with Crippen LogP contribution < -0.4 is 0 Å². The second-order valence-corrected chi connectivity index (χ2v) is 6.95. The van der Waals surface area contributed by atoms with Gasteiger partial charge in [0.15, 0.2) is 0 Å². The Balaban J connectivity index is 1.47. The van der Waals surface area contributed by atoms with Crippen molar-refractivity contribution >= 4 is 0 Å². The van der Waals surface area contributed by atoms with Crippen molar-refractivity contribution in [3.63, 3.8) is 0 Å². The molecule has 3 heterocycles. The Kier molecular flexibility index (Phi) is 3.13. The third-order valence-electron chi connectivity index (χ3n) is 5.15. The molecule has 1 saturated heterocycles. The van der Waals surface area contributed by atoms with Gasteiger partial charge in [0.1, 0.15) is 6.26 Å². The van der Waals surface area contributed by atoms with Crippen molar-refractivity contribution in [2.45, 2.75) is 39.0 Å². The molecule has 0 spiro atoms. The number of aromatic nitrogens is 2. The van der Waals surface area contributed by atoms with Crippen molar-refractivity contribution in [1.82, 2.24) is 15.0 Å². The first-order valence-corrected chi connectivity index (χ1v) is 7.74. The predicted molar refractivity (Wildman–Crippen MR) is 78.9 cm³/mol. The zero-order chi connectivity index (χ0) is 15.3. The molecule has 2 fully saturated rings. The second kappa shape index (κ2) is 4.93. The number of hydrogen-bond acceptors (Lipinski definition) is 6. The van der Waals surface area contributed by atoms with Crippen molar-refractivity contribution in [1.29, 1.82) is 0 Å². The van der Waals surface area contributed by atoms with Gasteiger partial charge in [0.25, 0.3) is 0 Å². The van der Waals surface area contributed by atoms with Crippen molar-refractivity contribution in [2.24, 2.45) is 11.3 Å². The molecular weight excluding hydrogens is 282 g/mol. The largest absolute Gasteiger partial charge is 0.472 e. The van der Waals surface area contributed by atoms with Crippen molar-refractivity contribution in [3.05, 3.63) is 24.5 Å². The Morgan fingerprint density at radius 3 is 3.05 bits per heavy atom. The van der Waals surface area contributed by atoms with Gasteiger partial charge in [-0.2, -0.15) is 4.98 Å². The van der Waals surface area contributed by atoms with Gasteiger partial charge in [-0.05, 0) is 19.5 Å². The highest BCUT2D eigenvalue weighted by Crippen LogP contribution is 2.54. The van der Waals surface area contributed by atoms with Gasteiger partial charge in [-0.3, -0.25) is 4.90 Å². The van der Waals surface area contributed by atoms with E-state index in [9.17, 15) is 0 Å². The van der Waals surface area contributed by atoms with Gasteiger partial charge in [-0.25, -0.2) is 0 Å². The Hall–Kier alpha value is -1.66. The van der Waals surface area contributed by atoms with Crippen LogP contribution in [0.2, 0.25) is 0 Å². The topological polar surface area (TPSA) is 64.5 Å². The molecule has 2 aliphatic rings. The summed E-state index contributed by atoms with van der Waals surface area (Å²) in [6, 6.07) is 2.32. The minimum absolute atomic E-state index is 0.170. The standard InChI is InChI=1S/C16H21N3O3/c1-16(2)13(11-5-7-21-14(11)16)19(3)8-12-17-15(18-22-12)10-4-6-20-9-10/h4,6,9,11,13-14H,5,7-8H2,1-3H3/t11-,13+,14+/m0/s1. The Morgan fingerprint density at radius 2 is 2.27 bits per heavy atom. The summed E-state index contributed by atoms with van der Waals surface area (Å²) in [5.74, 6) is 1.83. The van der Waals surface area contributed by atoms with Gasteiger partial charge in [0.05, 0.1) is 24.5 Å². The average Bonchev–Trinajstić information content (AvgIpc) is 3.17. The second-order valence-electron chi connectivity index (χ2n) is 6.95. The molecule has 1 aliphatic carbocycles. The van der Waals surface area contributed by atoms with Crippen LogP contribution in [-0.4, -0.2) is 40.8 Å². The average molecular weight is 303 g/mol. The van der Waals surface area contributed by atoms with Crippen LogP contribution in [0, 0.1) is 11.3 Å². The molecule has 0 bridgehead atoms. The molecule has 0 N–H and O–H groups in total. The van der Waals surface area contributed by atoms with Crippen molar-refractivity contribution in [2.75, 3.05) is 13.7 Å². The van der Waals surface area contributed by atoms with Crippen LogP contribution in [0.5, 0.6) is 0 Å².